The number of nitrogens with zero attached hydrogens (tertiary/aromatic N) is 5. The molecule has 0 atom stereocenters. The molecule has 3 heterocycles. The molecule has 10 heteroatoms. The molecule has 1 amide bonds. The Morgan fingerprint density at radius 2 is 1.82 bits per heavy atom. The molecule has 3 aromatic rings. The van der Waals surface area contributed by atoms with Crippen molar-refractivity contribution in [3.63, 3.8) is 0 Å². The Hall–Kier alpha value is -3.40. The third-order valence-corrected chi connectivity index (χ3v) is 5.46. The molecule has 0 spiro atoms. The highest BCUT2D eigenvalue weighted by atomic mass is 32.1. The fourth-order valence-corrected chi connectivity index (χ4v) is 3.88. The van der Waals surface area contributed by atoms with Crippen molar-refractivity contribution in [1.82, 2.24) is 18.6 Å². The summed E-state index contributed by atoms with van der Waals surface area (Å²) in [5.74, 6) is 1.89. The van der Waals surface area contributed by atoms with E-state index in [1.165, 1.54) is 0 Å². The largest absolute Gasteiger partial charge is 0.471 e. The minimum absolute atomic E-state index is 0.285. The fourth-order valence-electron chi connectivity index (χ4n) is 3.35. The predicted molar refractivity (Wildman–Crippen MR) is 128 cm³/mol. The third-order valence-electron chi connectivity index (χ3n) is 4.94. The van der Waals surface area contributed by atoms with E-state index in [0.29, 0.717) is 44.5 Å². The van der Waals surface area contributed by atoms with E-state index in [9.17, 15) is 4.79 Å². The third kappa shape index (κ3) is 6.10. The predicted octanol–water partition coefficient (Wildman–Crippen LogP) is 4.31. The van der Waals surface area contributed by atoms with Crippen molar-refractivity contribution < 1.29 is 14.3 Å². The first-order valence-corrected chi connectivity index (χ1v) is 11.6. The number of aromatic nitrogens is 3. The number of pyridine rings is 1. The van der Waals surface area contributed by atoms with Crippen LogP contribution in [0, 0.1) is 0 Å². The summed E-state index contributed by atoms with van der Waals surface area (Å²) in [7, 11) is 0. The van der Waals surface area contributed by atoms with Crippen molar-refractivity contribution in [2.24, 2.45) is 0 Å². The Morgan fingerprint density at radius 3 is 2.55 bits per heavy atom. The van der Waals surface area contributed by atoms with Crippen molar-refractivity contribution in [3.8, 4) is 5.88 Å². The number of amides is 1. The lowest BCUT2D eigenvalue weighted by atomic mass is 10.2. The van der Waals surface area contributed by atoms with Gasteiger partial charge in [-0.15, -0.1) is 0 Å². The number of rotatable bonds is 6. The number of nitrogens with one attached hydrogen (secondary N) is 1. The average Bonchev–Trinajstić information content (AvgIpc) is 3.26. The molecule has 0 unspecified atom stereocenters. The second-order valence-electron chi connectivity index (χ2n) is 8.65. The molecule has 1 saturated heterocycles. The zero-order valence-electron chi connectivity index (χ0n) is 19.0. The second kappa shape index (κ2) is 10.0. The van der Waals surface area contributed by atoms with Gasteiger partial charge in [-0.2, -0.15) is 8.75 Å². The van der Waals surface area contributed by atoms with Crippen molar-refractivity contribution >= 4 is 35.1 Å². The van der Waals surface area contributed by atoms with Gasteiger partial charge in [0.15, 0.2) is 11.6 Å². The normalized spacial score (nSPS) is 14.2. The van der Waals surface area contributed by atoms with E-state index in [4.69, 9.17) is 9.47 Å². The van der Waals surface area contributed by atoms with Gasteiger partial charge in [-0.1, -0.05) is 30.3 Å². The maximum atomic E-state index is 12.3. The second-order valence-corrected chi connectivity index (χ2v) is 9.17. The molecule has 174 valence electrons. The van der Waals surface area contributed by atoms with Crippen LogP contribution in [0.5, 0.6) is 5.88 Å². The van der Waals surface area contributed by atoms with Crippen molar-refractivity contribution in [1.29, 1.82) is 0 Å². The molecule has 4 rings (SSSR count). The molecule has 9 nitrogen and oxygen atoms in total. The van der Waals surface area contributed by atoms with Crippen LogP contribution in [-0.4, -0.2) is 56.5 Å². The molecule has 2 aromatic heterocycles. The highest BCUT2D eigenvalue weighted by molar-refractivity contribution is 6.99. The van der Waals surface area contributed by atoms with Gasteiger partial charge in [0.2, 0.25) is 5.88 Å². The van der Waals surface area contributed by atoms with Crippen LogP contribution in [0.3, 0.4) is 0 Å². The van der Waals surface area contributed by atoms with Crippen LogP contribution in [0.1, 0.15) is 26.3 Å². The Kier molecular flexibility index (Phi) is 6.93. The van der Waals surface area contributed by atoms with Gasteiger partial charge in [0, 0.05) is 32.4 Å². The van der Waals surface area contributed by atoms with Crippen LogP contribution >= 0.6 is 11.7 Å². The molecule has 33 heavy (non-hydrogen) atoms. The van der Waals surface area contributed by atoms with Crippen molar-refractivity contribution in [2.75, 3.05) is 36.4 Å². The lowest BCUT2D eigenvalue weighted by Gasteiger charge is -2.35. The number of hydrogen-bond acceptors (Lipinski definition) is 9. The van der Waals surface area contributed by atoms with Gasteiger partial charge >= 0.3 is 6.09 Å². The number of ether oxygens (including phenoxy) is 2. The molecular weight excluding hydrogens is 440 g/mol. The van der Waals surface area contributed by atoms with Crippen LogP contribution in [0.25, 0.3) is 0 Å². The first kappa shape index (κ1) is 22.8. The van der Waals surface area contributed by atoms with E-state index in [0.717, 1.165) is 28.8 Å². The lowest BCUT2D eigenvalue weighted by molar-refractivity contribution is 0.0240. The van der Waals surface area contributed by atoms with E-state index in [-0.39, 0.29) is 6.09 Å². The number of hydrogen-bond donors (Lipinski definition) is 1. The van der Waals surface area contributed by atoms with E-state index >= 15 is 0 Å². The molecule has 0 bridgehead atoms. The van der Waals surface area contributed by atoms with Crippen LogP contribution < -0.4 is 15.0 Å². The molecule has 1 aliphatic rings. The molecular formula is C23H28N6O3S. The first-order valence-electron chi connectivity index (χ1n) is 10.8. The Morgan fingerprint density at radius 1 is 1.06 bits per heavy atom. The number of piperazine rings is 1. The smallest absolute Gasteiger partial charge is 0.410 e. The summed E-state index contributed by atoms with van der Waals surface area (Å²) in [6.07, 6.45) is 1.41. The van der Waals surface area contributed by atoms with E-state index < -0.39 is 5.60 Å². The lowest BCUT2D eigenvalue weighted by Crippen LogP contribution is -2.50. The zero-order chi connectivity index (χ0) is 23.3. The minimum Gasteiger partial charge on any atom is -0.471 e. The molecule has 1 aliphatic heterocycles. The highest BCUT2D eigenvalue weighted by Crippen LogP contribution is 2.31. The van der Waals surface area contributed by atoms with Gasteiger partial charge in [-0.25, -0.2) is 9.78 Å². The maximum absolute atomic E-state index is 12.3. The minimum atomic E-state index is -0.506. The molecule has 0 radical (unpaired) electrons. The molecule has 1 N–H and O–H groups in total. The SMILES string of the molecule is CC(C)(C)OC(=O)N1CCN(c2nsnc2Nc2cccnc2OCc2ccccc2)CC1. The summed E-state index contributed by atoms with van der Waals surface area (Å²) >= 11 is 1.14. The fraction of sp³-hybridized carbons (Fsp3) is 0.391. The molecule has 1 fully saturated rings. The number of anilines is 3. The number of carbonyl (C=O) groups excluding carboxylic acids is 1. The summed E-state index contributed by atoms with van der Waals surface area (Å²) in [5.41, 5.74) is 1.27. The highest BCUT2D eigenvalue weighted by Gasteiger charge is 2.28. The standard InChI is InChI=1S/C23H28N6O3S/c1-23(2,3)32-22(30)29-14-12-28(13-15-29)20-19(26-33-27-20)25-18-10-7-11-24-21(18)31-16-17-8-5-4-6-9-17/h4-11H,12-16H2,1-3H3,(H,25,26). The van der Waals surface area contributed by atoms with E-state index in [2.05, 4.69) is 23.9 Å². The topological polar surface area (TPSA) is 92.7 Å². The van der Waals surface area contributed by atoms with Gasteiger partial charge in [0.05, 0.1) is 11.7 Å². The van der Waals surface area contributed by atoms with Gasteiger partial charge in [0.25, 0.3) is 0 Å². The Bertz CT molecular complexity index is 1060. The monoisotopic (exact) mass is 468 g/mol. The zero-order valence-corrected chi connectivity index (χ0v) is 19.8. The van der Waals surface area contributed by atoms with Gasteiger partial charge in [-0.05, 0) is 38.5 Å². The molecule has 0 aliphatic carbocycles. The number of carbonyl (C=O) groups is 1. The van der Waals surface area contributed by atoms with E-state index in [1.54, 1.807) is 11.1 Å². The van der Waals surface area contributed by atoms with Gasteiger partial charge in [-0.3, -0.25) is 0 Å². The van der Waals surface area contributed by atoms with Gasteiger partial charge in [0.1, 0.15) is 17.9 Å². The van der Waals surface area contributed by atoms with Crippen LogP contribution in [-0.2, 0) is 11.3 Å². The van der Waals surface area contributed by atoms with Crippen LogP contribution in [0.2, 0.25) is 0 Å². The van der Waals surface area contributed by atoms with Crippen molar-refractivity contribution in [3.05, 3.63) is 54.2 Å². The molecule has 0 saturated carbocycles. The van der Waals surface area contributed by atoms with Crippen LogP contribution in [0.15, 0.2) is 48.7 Å². The summed E-state index contributed by atoms with van der Waals surface area (Å²) < 4.78 is 20.4. The Labute approximate surface area is 197 Å². The summed E-state index contributed by atoms with van der Waals surface area (Å²) in [5, 5.41) is 3.32. The average molecular weight is 469 g/mol. The van der Waals surface area contributed by atoms with E-state index in [1.807, 2.05) is 63.2 Å². The first-order chi connectivity index (χ1) is 15.9. The van der Waals surface area contributed by atoms with Crippen molar-refractivity contribution in [2.45, 2.75) is 33.0 Å². The molecule has 1 aromatic carbocycles. The Balaban J connectivity index is 1.39. The maximum Gasteiger partial charge on any atom is 0.410 e. The quantitative estimate of drug-likeness (QED) is 0.572. The summed E-state index contributed by atoms with van der Waals surface area (Å²) in [4.78, 5) is 20.6. The van der Waals surface area contributed by atoms with Crippen LogP contribution in [0.4, 0.5) is 22.1 Å². The number of benzene rings is 1. The van der Waals surface area contributed by atoms with Gasteiger partial charge < -0.3 is 24.6 Å². The summed E-state index contributed by atoms with van der Waals surface area (Å²) in [6.45, 7) is 8.44. The summed E-state index contributed by atoms with van der Waals surface area (Å²) in [6, 6.07) is 13.7.